The summed E-state index contributed by atoms with van der Waals surface area (Å²) in [5.41, 5.74) is -0.149. The first-order chi connectivity index (χ1) is 10.7. The van der Waals surface area contributed by atoms with Gasteiger partial charge in [-0.15, -0.1) is 0 Å². The van der Waals surface area contributed by atoms with Crippen molar-refractivity contribution in [2.75, 3.05) is 46.0 Å². The zero-order chi connectivity index (χ0) is 15.8. The van der Waals surface area contributed by atoms with Gasteiger partial charge in [0.2, 0.25) is 0 Å². The fraction of sp³-hybridized carbons (Fsp3) is 0.500. The van der Waals surface area contributed by atoms with Gasteiger partial charge in [0.05, 0.1) is 18.1 Å². The minimum atomic E-state index is -0.536. The van der Waals surface area contributed by atoms with Crippen molar-refractivity contribution >= 4 is 11.6 Å². The molecule has 22 heavy (non-hydrogen) atoms. The summed E-state index contributed by atoms with van der Waals surface area (Å²) in [7, 11) is 0. The van der Waals surface area contributed by atoms with Crippen LogP contribution in [0, 0.1) is 10.1 Å². The summed E-state index contributed by atoms with van der Waals surface area (Å²) in [6, 6.07) is 5.98. The Morgan fingerprint density at radius 3 is 2.82 bits per heavy atom. The molecule has 1 heterocycles. The molecule has 0 unspecified atom stereocenters. The molecule has 0 spiro atoms. The van der Waals surface area contributed by atoms with Gasteiger partial charge in [0, 0.05) is 32.2 Å². The zero-order valence-electron chi connectivity index (χ0n) is 12.2. The summed E-state index contributed by atoms with van der Waals surface area (Å²) >= 11 is 0. The first kappa shape index (κ1) is 16.2. The molecule has 1 saturated heterocycles. The van der Waals surface area contributed by atoms with Crippen LogP contribution < -0.4 is 10.1 Å². The Bertz CT molecular complexity index is 517. The molecular weight excluding hydrogens is 290 g/mol. The number of nitrogens with zero attached hydrogens (tertiary/aromatic N) is 2. The molecule has 1 aliphatic heterocycles. The van der Waals surface area contributed by atoms with E-state index in [0.29, 0.717) is 19.8 Å². The molecule has 1 aromatic rings. The largest absolute Gasteiger partial charge is 0.477 e. The Balaban J connectivity index is 1.70. The first-order valence-corrected chi connectivity index (χ1v) is 7.10. The summed E-state index contributed by atoms with van der Waals surface area (Å²) in [6.45, 7) is 4.18. The van der Waals surface area contributed by atoms with Gasteiger partial charge in [0.15, 0.2) is 12.4 Å². The molecule has 0 bridgehead atoms. The normalized spacial score (nSPS) is 15.3. The molecule has 120 valence electrons. The van der Waals surface area contributed by atoms with Crippen LogP contribution in [-0.2, 0) is 9.53 Å². The highest BCUT2D eigenvalue weighted by atomic mass is 16.6. The molecule has 0 aliphatic carbocycles. The molecule has 0 atom stereocenters. The van der Waals surface area contributed by atoms with Crippen LogP contribution in [0.15, 0.2) is 24.3 Å². The molecule has 8 heteroatoms. The Hall–Kier alpha value is -2.19. The van der Waals surface area contributed by atoms with Gasteiger partial charge in [-0.3, -0.25) is 19.8 Å². The van der Waals surface area contributed by atoms with Crippen LogP contribution in [0.5, 0.6) is 5.75 Å². The Morgan fingerprint density at radius 2 is 2.09 bits per heavy atom. The highest BCUT2D eigenvalue weighted by molar-refractivity contribution is 5.77. The molecule has 1 N–H and O–H groups in total. The number of carbonyl (C=O) groups is 1. The van der Waals surface area contributed by atoms with Crippen LogP contribution in [-0.4, -0.2) is 61.7 Å². The van der Waals surface area contributed by atoms with Crippen LogP contribution >= 0.6 is 0 Å². The van der Waals surface area contributed by atoms with Crippen LogP contribution in [0.4, 0.5) is 5.69 Å². The summed E-state index contributed by atoms with van der Waals surface area (Å²) in [6.07, 6.45) is 0. The molecule has 1 aliphatic rings. The standard InChI is InChI=1S/C14H19N3O5/c18-14(15-5-6-16-7-9-21-10-8-16)11-22-13-4-2-1-3-12(13)17(19)20/h1-4H,5-11H2,(H,15,18). The number of nitrogens with one attached hydrogen (secondary N) is 1. The van der Waals surface area contributed by atoms with Crippen molar-refractivity contribution in [3.05, 3.63) is 34.4 Å². The third-order valence-electron chi connectivity index (χ3n) is 3.27. The average Bonchev–Trinajstić information content (AvgIpc) is 2.54. The van der Waals surface area contributed by atoms with Gasteiger partial charge >= 0.3 is 5.69 Å². The second kappa shape index (κ2) is 8.30. The number of rotatable bonds is 7. The number of hydrogen-bond donors (Lipinski definition) is 1. The first-order valence-electron chi connectivity index (χ1n) is 7.10. The van der Waals surface area contributed by atoms with Crippen molar-refractivity contribution in [1.29, 1.82) is 0 Å². The highest BCUT2D eigenvalue weighted by Gasteiger charge is 2.15. The fourth-order valence-electron chi connectivity index (χ4n) is 2.10. The minimum Gasteiger partial charge on any atom is -0.477 e. The van der Waals surface area contributed by atoms with Gasteiger partial charge in [0.25, 0.3) is 5.91 Å². The van der Waals surface area contributed by atoms with Gasteiger partial charge in [-0.2, -0.15) is 0 Å². The summed E-state index contributed by atoms with van der Waals surface area (Å²) in [4.78, 5) is 24.2. The maximum atomic E-state index is 11.7. The van der Waals surface area contributed by atoms with Crippen molar-refractivity contribution in [2.24, 2.45) is 0 Å². The maximum Gasteiger partial charge on any atom is 0.310 e. The number of benzene rings is 1. The lowest BCUT2D eigenvalue weighted by Gasteiger charge is -2.26. The smallest absolute Gasteiger partial charge is 0.310 e. The van der Waals surface area contributed by atoms with E-state index in [1.807, 2.05) is 0 Å². The quantitative estimate of drug-likeness (QED) is 0.579. The molecular formula is C14H19N3O5. The van der Waals surface area contributed by atoms with E-state index in [9.17, 15) is 14.9 Å². The average molecular weight is 309 g/mol. The Kier molecular flexibility index (Phi) is 6.11. The number of nitro groups is 1. The molecule has 0 radical (unpaired) electrons. The molecule has 1 amide bonds. The summed E-state index contributed by atoms with van der Waals surface area (Å²) < 4.78 is 10.5. The molecule has 8 nitrogen and oxygen atoms in total. The van der Waals surface area contributed by atoms with Gasteiger partial charge in [-0.05, 0) is 6.07 Å². The number of hydrogen-bond acceptors (Lipinski definition) is 6. The topological polar surface area (TPSA) is 93.9 Å². The van der Waals surface area contributed by atoms with Gasteiger partial charge in [-0.1, -0.05) is 12.1 Å². The third kappa shape index (κ3) is 4.97. The van der Waals surface area contributed by atoms with E-state index >= 15 is 0 Å². The number of carbonyl (C=O) groups excluding carboxylic acids is 1. The number of nitro benzene ring substituents is 1. The third-order valence-corrected chi connectivity index (χ3v) is 3.27. The summed E-state index contributed by atoms with van der Waals surface area (Å²) in [5.74, 6) is -0.206. The highest BCUT2D eigenvalue weighted by Crippen LogP contribution is 2.25. The van der Waals surface area contributed by atoms with Crippen LogP contribution in [0.25, 0.3) is 0 Å². The van der Waals surface area contributed by atoms with E-state index in [2.05, 4.69) is 10.2 Å². The second-order valence-corrected chi connectivity index (χ2v) is 4.82. The lowest BCUT2D eigenvalue weighted by molar-refractivity contribution is -0.385. The van der Waals surface area contributed by atoms with E-state index in [1.54, 1.807) is 12.1 Å². The molecule has 1 aromatic carbocycles. The van der Waals surface area contributed by atoms with Crippen molar-refractivity contribution in [2.45, 2.75) is 0 Å². The Morgan fingerprint density at radius 1 is 1.36 bits per heavy atom. The van der Waals surface area contributed by atoms with Crippen molar-refractivity contribution < 1.29 is 19.2 Å². The van der Waals surface area contributed by atoms with E-state index in [4.69, 9.17) is 9.47 Å². The minimum absolute atomic E-state index is 0.0934. The summed E-state index contributed by atoms with van der Waals surface area (Å²) in [5, 5.41) is 13.6. The van der Waals surface area contributed by atoms with E-state index in [0.717, 1.165) is 19.6 Å². The van der Waals surface area contributed by atoms with Gasteiger partial charge < -0.3 is 14.8 Å². The predicted molar refractivity (Wildman–Crippen MR) is 78.9 cm³/mol. The number of morpholine rings is 1. The van der Waals surface area contributed by atoms with E-state index < -0.39 is 4.92 Å². The monoisotopic (exact) mass is 309 g/mol. The van der Waals surface area contributed by atoms with E-state index in [-0.39, 0.29) is 24.0 Å². The SMILES string of the molecule is O=C(COc1ccccc1[N+](=O)[O-])NCCN1CCOCC1. The zero-order valence-corrected chi connectivity index (χ0v) is 12.2. The van der Waals surface area contributed by atoms with Crippen LogP contribution in [0.3, 0.4) is 0 Å². The lowest BCUT2D eigenvalue weighted by Crippen LogP contribution is -2.42. The molecule has 0 saturated carbocycles. The number of para-hydroxylation sites is 2. The molecule has 1 fully saturated rings. The van der Waals surface area contributed by atoms with Crippen molar-refractivity contribution in [3.8, 4) is 5.75 Å². The number of amides is 1. The fourth-order valence-corrected chi connectivity index (χ4v) is 2.10. The predicted octanol–water partition coefficient (Wildman–Crippen LogP) is 0.422. The van der Waals surface area contributed by atoms with Crippen molar-refractivity contribution in [1.82, 2.24) is 10.2 Å². The molecule has 0 aromatic heterocycles. The Labute approximate surface area is 128 Å². The van der Waals surface area contributed by atoms with Crippen molar-refractivity contribution in [3.63, 3.8) is 0 Å². The van der Waals surface area contributed by atoms with Gasteiger partial charge in [0.1, 0.15) is 0 Å². The lowest BCUT2D eigenvalue weighted by atomic mass is 10.3. The molecule has 2 rings (SSSR count). The van der Waals surface area contributed by atoms with Crippen LogP contribution in [0.1, 0.15) is 0 Å². The van der Waals surface area contributed by atoms with E-state index in [1.165, 1.54) is 12.1 Å². The van der Waals surface area contributed by atoms with Crippen LogP contribution in [0.2, 0.25) is 0 Å². The number of ether oxygens (including phenoxy) is 2. The van der Waals surface area contributed by atoms with Gasteiger partial charge in [-0.25, -0.2) is 0 Å². The maximum absolute atomic E-state index is 11.7. The second-order valence-electron chi connectivity index (χ2n) is 4.82.